The van der Waals surface area contributed by atoms with E-state index in [1.165, 1.54) is 5.56 Å². The zero-order valence-corrected chi connectivity index (χ0v) is 17.1. The number of rotatable bonds is 4. The van der Waals surface area contributed by atoms with Gasteiger partial charge in [0.2, 0.25) is 11.8 Å². The summed E-state index contributed by atoms with van der Waals surface area (Å²) in [6.45, 7) is 10.2. The molecule has 0 spiro atoms. The fourth-order valence-electron chi connectivity index (χ4n) is 2.97. The van der Waals surface area contributed by atoms with Crippen molar-refractivity contribution in [2.45, 2.75) is 26.2 Å². The minimum atomic E-state index is -0.0385. The van der Waals surface area contributed by atoms with E-state index in [1.807, 2.05) is 78.9 Å². The first-order valence-corrected chi connectivity index (χ1v) is 9.57. The molecule has 3 heteroatoms. The molecule has 3 rings (SSSR count). The zero-order valence-electron chi connectivity index (χ0n) is 17.1. The molecule has 0 aromatic heterocycles. The molecule has 0 unspecified atom stereocenters. The number of nitrogens with one attached hydrogen (secondary N) is 2. The van der Waals surface area contributed by atoms with Crippen molar-refractivity contribution in [2.24, 2.45) is 0 Å². The van der Waals surface area contributed by atoms with Gasteiger partial charge in [-0.3, -0.25) is 10.8 Å². The van der Waals surface area contributed by atoms with Crippen LogP contribution in [0.5, 0.6) is 0 Å². The molecule has 0 saturated heterocycles. The van der Waals surface area contributed by atoms with Crippen LogP contribution in [0.25, 0.3) is 17.2 Å². The van der Waals surface area contributed by atoms with E-state index in [9.17, 15) is 0 Å². The highest BCUT2D eigenvalue weighted by molar-refractivity contribution is 6.04. The third-order valence-electron chi connectivity index (χ3n) is 4.84. The molecule has 0 bridgehead atoms. The summed E-state index contributed by atoms with van der Waals surface area (Å²) in [4.78, 5) is 0. The first-order chi connectivity index (χ1) is 13.8. The van der Waals surface area contributed by atoms with E-state index in [1.54, 1.807) is 0 Å². The van der Waals surface area contributed by atoms with E-state index >= 15 is 0 Å². The van der Waals surface area contributed by atoms with Gasteiger partial charge in [0, 0.05) is 11.1 Å². The van der Waals surface area contributed by atoms with Crippen molar-refractivity contribution >= 4 is 17.9 Å². The summed E-state index contributed by atoms with van der Waals surface area (Å²) in [5.74, 6) is -0.0667. The molecule has 0 radical (unpaired) electrons. The van der Waals surface area contributed by atoms with Gasteiger partial charge in [-0.15, -0.1) is 0 Å². The van der Waals surface area contributed by atoms with Gasteiger partial charge >= 0.3 is 0 Å². The molecular formula is C26H26N2O. The fourth-order valence-corrected chi connectivity index (χ4v) is 2.97. The maximum Gasteiger partial charge on any atom is 0.221 e. The molecule has 2 N–H and O–H groups in total. The highest BCUT2D eigenvalue weighted by atomic mass is 16.5. The summed E-state index contributed by atoms with van der Waals surface area (Å²) in [7, 11) is 0. The molecule has 0 atom stereocenters. The summed E-state index contributed by atoms with van der Waals surface area (Å²) < 4.78 is 5.48. The lowest BCUT2D eigenvalue weighted by Gasteiger charge is -2.19. The normalized spacial score (nSPS) is 11.0. The van der Waals surface area contributed by atoms with Gasteiger partial charge in [0.15, 0.2) is 0 Å². The summed E-state index contributed by atoms with van der Waals surface area (Å²) in [6.07, 6.45) is 1.82. The Kier molecular flexibility index (Phi) is 5.79. The Hall–Kier alpha value is -3.46. The molecule has 3 aromatic carbocycles. The minimum absolute atomic E-state index is 0.0282. The predicted molar refractivity (Wildman–Crippen MR) is 122 cm³/mol. The van der Waals surface area contributed by atoms with Crippen LogP contribution in [0, 0.1) is 10.8 Å². The largest absolute Gasteiger partial charge is 0.421 e. The molecule has 146 valence electrons. The Morgan fingerprint density at radius 1 is 0.724 bits per heavy atom. The van der Waals surface area contributed by atoms with Crippen molar-refractivity contribution in [3.8, 4) is 11.1 Å². The lowest BCUT2D eigenvalue weighted by Crippen LogP contribution is -2.14. The second-order valence-electron chi connectivity index (χ2n) is 7.99. The molecule has 0 saturated carbocycles. The highest BCUT2D eigenvalue weighted by Crippen LogP contribution is 2.23. The smallest absolute Gasteiger partial charge is 0.221 e. The van der Waals surface area contributed by atoms with E-state index < -0.39 is 0 Å². The molecule has 0 aliphatic heterocycles. The molecule has 0 aliphatic rings. The first-order valence-electron chi connectivity index (χ1n) is 9.57. The maximum absolute atomic E-state index is 8.20. The number of hydrogen-bond acceptors (Lipinski definition) is 3. The summed E-state index contributed by atoms with van der Waals surface area (Å²) in [5.41, 5.74) is 5.78. The molecular weight excluding hydrogens is 356 g/mol. The summed E-state index contributed by atoms with van der Waals surface area (Å²) in [6, 6.07) is 23.5. The van der Waals surface area contributed by atoms with Crippen LogP contribution >= 0.6 is 0 Å². The highest BCUT2D eigenvalue weighted by Gasteiger charge is 2.15. The average molecular weight is 383 g/mol. The van der Waals surface area contributed by atoms with Crippen LogP contribution in [0.15, 0.2) is 79.4 Å². The van der Waals surface area contributed by atoms with Gasteiger partial charge in [-0.1, -0.05) is 82.0 Å². The van der Waals surface area contributed by atoms with E-state index in [0.29, 0.717) is 11.1 Å². The standard InChI is InChI=1S/C26H26N2O/c1-5-18-6-8-19(9-7-18)20-10-12-21(13-11-20)24(27)29-25(28)22-14-16-23(17-15-22)26(2,3)4/h5-17,27-28H,1H2,2-4H3. The quantitative estimate of drug-likeness (QED) is 0.384. The molecule has 0 aliphatic carbocycles. The van der Waals surface area contributed by atoms with Crippen molar-refractivity contribution in [3.63, 3.8) is 0 Å². The number of benzene rings is 3. The molecule has 3 aromatic rings. The van der Waals surface area contributed by atoms with Crippen LogP contribution in [-0.2, 0) is 10.2 Å². The molecule has 0 amide bonds. The van der Waals surface area contributed by atoms with Gasteiger partial charge in [-0.2, -0.15) is 0 Å². The van der Waals surface area contributed by atoms with Gasteiger partial charge in [-0.25, -0.2) is 0 Å². The van der Waals surface area contributed by atoms with E-state index in [4.69, 9.17) is 15.6 Å². The van der Waals surface area contributed by atoms with Crippen LogP contribution in [0.4, 0.5) is 0 Å². The van der Waals surface area contributed by atoms with Gasteiger partial charge in [0.25, 0.3) is 0 Å². The molecule has 0 fully saturated rings. The van der Waals surface area contributed by atoms with Crippen LogP contribution in [0.3, 0.4) is 0 Å². The second kappa shape index (κ2) is 8.27. The molecule has 3 nitrogen and oxygen atoms in total. The fraction of sp³-hybridized carbons (Fsp3) is 0.154. The van der Waals surface area contributed by atoms with Crippen LogP contribution in [-0.4, -0.2) is 11.8 Å². The van der Waals surface area contributed by atoms with Gasteiger partial charge in [-0.05, 0) is 51.9 Å². The van der Waals surface area contributed by atoms with Crippen molar-refractivity contribution in [2.75, 3.05) is 0 Å². The van der Waals surface area contributed by atoms with Gasteiger partial charge in [0.1, 0.15) is 0 Å². The zero-order chi connectivity index (χ0) is 21.0. The first kappa shape index (κ1) is 20.3. The van der Waals surface area contributed by atoms with E-state index in [-0.39, 0.29) is 17.2 Å². The van der Waals surface area contributed by atoms with E-state index in [0.717, 1.165) is 16.7 Å². The molecule has 29 heavy (non-hydrogen) atoms. The van der Waals surface area contributed by atoms with Crippen LogP contribution in [0.2, 0.25) is 0 Å². The second-order valence-corrected chi connectivity index (χ2v) is 7.99. The lowest BCUT2D eigenvalue weighted by atomic mass is 9.87. The Morgan fingerprint density at radius 2 is 1.14 bits per heavy atom. The topological polar surface area (TPSA) is 56.9 Å². The predicted octanol–water partition coefficient (Wildman–Crippen LogP) is 6.66. The SMILES string of the molecule is C=Cc1ccc(-c2ccc(C(=N)OC(=N)c3ccc(C(C)(C)C)cc3)cc2)cc1. The van der Waals surface area contributed by atoms with Gasteiger partial charge in [0.05, 0.1) is 0 Å². The summed E-state index contributed by atoms with van der Waals surface area (Å²) >= 11 is 0. The van der Waals surface area contributed by atoms with Crippen molar-refractivity contribution in [3.05, 3.63) is 102 Å². The maximum atomic E-state index is 8.20. The molecule has 0 heterocycles. The van der Waals surface area contributed by atoms with Crippen molar-refractivity contribution in [1.82, 2.24) is 0 Å². The minimum Gasteiger partial charge on any atom is -0.421 e. The lowest BCUT2D eigenvalue weighted by molar-refractivity contribution is 0.538. The number of hydrogen-bond donors (Lipinski definition) is 2. The van der Waals surface area contributed by atoms with Crippen molar-refractivity contribution < 1.29 is 4.74 Å². The van der Waals surface area contributed by atoms with E-state index in [2.05, 4.69) is 27.4 Å². The van der Waals surface area contributed by atoms with Crippen molar-refractivity contribution in [1.29, 1.82) is 10.8 Å². The van der Waals surface area contributed by atoms with Crippen LogP contribution < -0.4 is 0 Å². The third-order valence-corrected chi connectivity index (χ3v) is 4.84. The average Bonchev–Trinajstić information content (AvgIpc) is 2.73. The summed E-state index contributed by atoms with van der Waals surface area (Å²) in [5, 5.41) is 16.4. The Labute approximate surface area is 172 Å². The third kappa shape index (κ3) is 4.88. The Bertz CT molecular complexity index is 1020. The Balaban J connectivity index is 1.68. The monoisotopic (exact) mass is 382 g/mol. The Morgan fingerprint density at radius 3 is 1.55 bits per heavy atom. The van der Waals surface area contributed by atoms with Crippen LogP contribution in [0.1, 0.15) is 43.0 Å². The number of ether oxygens (including phenoxy) is 1. The van der Waals surface area contributed by atoms with Gasteiger partial charge < -0.3 is 4.74 Å².